The van der Waals surface area contributed by atoms with Crippen LogP contribution in [0, 0.1) is 0 Å². The number of hydrogen-bond acceptors (Lipinski definition) is 7. The Bertz CT molecular complexity index is 863. The molecule has 140 valence electrons. The quantitative estimate of drug-likeness (QED) is 0.757. The van der Waals surface area contributed by atoms with Crippen LogP contribution in [0.5, 0.6) is 11.9 Å². The maximum absolute atomic E-state index is 12.8. The van der Waals surface area contributed by atoms with E-state index in [-0.39, 0.29) is 10.9 Å². The van der Waals surface area contributed by atoms with Gasteiger partial charge in [0.1, 0.15) is 5.82 Å². The lowest BCUT2D eigenvalue weighted by Gasteiger charge is -2.34. The molecule has 0 amide bonds. The van der Waals surface area contributed by atoms with E-state index in [0.29, 0.717) is 42.9 Å². The van der Waals surface area contributed by atoms with E-state index in [1.165, 1.54) is 24.6 Å². The predicted octanol–water partition coefficient (Wildman–Crippen LogP) is 1.66. The number of piperazine rings is 1. The first kappa shape index (κ1) is 18.7. The van der Waals surface area contributed by atoms with Gasteiger partial charge >= 0.3 is 6.01 Å². The van der Waals surface area contributed by atoms with E-state index >= 15 is 0 Å². The number of hydrogen-bond donors (Lipinski definition) is 0. The number of methoxy groups -OCH3 is 2. The standard InChI is InChI=1S/C16H19ClN4O4S/c1-24-15-11-14(18-16(19-15)25-2)20-6-8-21(9-7-20)26(22,23)13-5-3-4-12(17)10-13/h3-5,10-11H,6-9H2,1-2H3. The molecule has 1 fully saturated rings. The van der Waals surface area contributed by atoms with Crippen LogP contribution in [0.25, 0.3) is 0 Å². The zero-order chi connectivity index (χ0) is 18.7. The van der Waals surface area contributed by atoms with Gasteiger partial charge in [-0.05, 0) is 18.2 Å². The molecule has 0 bridgehead atoms. The molecule has 0 saturated carbocycles. The Morgan fingerprint density at radius 2 is 1.77 bits per heavy atom. The highest BCUT2D eigenvalue weighted by Crippen LogP contribution is 2.24. The van der Waals surface area contributed by atoms with Gasteiger partial charge in [0.2, 0.25) is 15.9 Å². The molecule has 1 aromatic carbocycles. The van der Waals surface area contributed by atoms with Crippen molar-refractivity contribution in [3.05, 3.63) is 35.4 Å². The second kappa shape index (κ2) is 7.65. The van der Waals surface area contributed by atoms with Crippen LogP contribution >= 0.6 is 11.6 Å². The molecule has 3 rings (SSSR count). The van der Waals surface area contributed by atoms with Gasteiger partial charge in [-0.2, -0.15) is 14.3 Å². The Hall–Kier alpha value is -2.10. The van der Waals surface area contributed by atoms with Crippen molar-refractivity contribution < 1.29 is 17.9 Å². The molecule has 0 aliphatic carbocycles. The lowest BCUT2D eigenvalue weighted by Crippen LogP contribution is -2.48. The number of anilines is 1. The average molecular weight is 399 g/mol. The summed E-state index contributed by atoms with van der Waals surface area (Å²) in [5, 5.41) is 0.393. The average Bonchev–Trinajstić information content (AvgIpc) is 2.67. The van der Waals surface area contributed by atoms with Crippen LogP contribution in [0.15, 0.2) is 35.2 Å². The summed E-state index contributed by atoms with van der Waals surface area (Å²) in [6.07, 6.45) is 0. The van der Waals surface area contributed by atoms with Crippen LogP contribution in [0.3, 0.4) is 0 Å². The van der Waals surface area contributed by atoms with Crippen LogP contribution in [0.4, 0.5) is 5.82 Å². The predicted molar refractivity (Wildman–Crippen MR) is 97.6 cm³/mol. The molecule has 8 nitrogen and oxygen atoms in total. The number of sulfonamides is 1. The minimum Gasteiger partial charge on any atom is -0.481 e. The number of ether oxygens (including phenoxy) is 2. The maximum atomic E-state index is 12.8. The van der Waals surface area contributed by atoms with Gasteiger partial charge in [0, 0.05) is 37.3 Å². The minimum absolute atomic E-state index is 0.198. The Morgan fingerprint density at radius 3 is 2.38 bits per heavy atom. The summed E-state index contributed by atoms with van der Waals surface area (Å²) in [6, 6.07) is 8.19. The summed E-state index contributed by atoms with van der Waals surface area (Å²) in [6.45, 7) is 1.65. The van der Waals surface area contributed by atoms with E-state index < -0.39 is 10.0 Å². The third-order valence-corrected chi connectivity index (χ3v) is 6.19. The van der Waals surface area contributed by atoms with Gasteiger partial charge in [-0.15, -0.1) is 0 Å². The van der Waals surface area contributed by atoms with Gasteiger partial charge in [0.25, 0.3) is 0 Å². The summed E-state index contributed by atoms with van der Waals surface area (Å²) in [5.74, 6) is 1.02. The molecule has 10 heteroatoms. The van der Waals surface area contributed by atoms with Gasteiger partial charge in [-0.25, -0.2) is 8.42 Å². The minimum atomic E-state index is -3.58. The monoisotopic (exact) mass is 398 g/mol. The second-order valence-corrected chi connectivity index (χ2v) is 7.98. The number of benzene rings is 1. The number of nitrogens with zero attached hydrogens (tertiary/aromatic N) is 4. The molecule has 0 spiro atoms. The summed E-state index contributed by atoms with van der Waals surface area (Å²) in [7, 11) is -0.581. The molecular weight excluding hydrogens is 380 g/mol. The second-order valence-electron chi connectivity index (χ2n) is 5.60. The molecule has 26 heavy (non-hydrogen) atoms. The first-order chi connectivity index (χ1) is 12.4. The summed E-state index contributed by atoms with van der Waals surface area (Å²) in [4.78, 5) is 10.5. The lowest BCUT2D eigenvalue weighted by molar-refractivity contribution is 0.349. The third kappa shape index (κ3) is 3.84. The van der Waals surface area contributed by atoms with Crippen molar-refractivity contribution in [2.45, 2.75) is 4.90 Å². The van der Waals surface area contributed by atoms with Crippen molar-refractivity contribution in [3.63, 3.8) is 0 Å². The van der Waals surface area contributed by atoms with Crippen LogP contribution in [0.2, 0.25) is 5.02 Å². The van der Waals surface area contributed by atoms with E-state index in [4.69, 9.17) is 21.1 Å². The van der Waals surface area contributed by atoms with E-state index in [1.807, 2.05) is 4.90 Å². The molecule has 1 aromatic heterocycles. The molecule has 1 saturated heterocycles. The highest BCUT2D eigenvalue weighted by atomic mass is 35.5. The van der Waals surface area contributed by atoms with Crippen LogP contribution < -0.4 is 14.4 Å². The van der Waals surface area contributed by atoms with Gasteiger partial charge in [-0.3, -0.25) is 0 Å². The molecule has 0 N–H and O–H groups in total. The Kier molecular flexibility index (Phi) is 5.49. The van der Waals surface area contributed by atoms with Crippen LogP contribution in [0.1, 0.15) is 0 Å². The molecule has 0 unspecified atom stereocenters. The van der Waals surface area contributed by atoms with Crippen LogP contribution in [-0.2, 0) is 10.0 Å². The number of aromatic nitrogens is 2. The third-order valence-electron chi connectivity index (χ3n) is 4.06. The first-order valence-electron chi connectivity index (χ1n) is 7.92. The zero-order valence-corrected chi connectivity index (χ0v) is 16.0. The molecule has 2 heterocycles. The molecule has 0 radical (unpaired) electrons. The highest BCUT2D eigenvalue weighted by molar-refractivity contribution is 7.89. The molecular formula is C16H19ClN4O4S. The van der Waals surface area contributed by atoms with E-state index in [2.05, 4.69) is 9.97 Å². The fraction of sp³-hybridized carbons (Fsp3) is 0.375. The fourth-order valence-electron chi connectivity index (χ4n) is 2.68. The van der Waals surface area contributed by atoms with Gasteiger partial charge in [-0.1, -0.05) is 17.7 Å². The van der Waals surface area contributed by atoms with Crippen molar-refractivity contribution in [1.82, 2.24) is 14.3 Å². The Morgan fingerprint density at radius 1 is 1.04 bits per heavy atom. The molecule has 1 aliphatic heterocycles. The largest absolute Gasteiger partial charge is 0.481 e. The normalized spacial score (nSPS) is 15.7. The zero-order valence-electron chi connectivity index (χ0n) is 14.4. The van der Waals surface area contributed by atoms with Crippen molar-refractivity contribution in [3.8, 4) is 11.9 Å². The van der Waals surface area contributed by atoms with Crippen molar-refractivity contribution in [1.29, 1.82) is 0 Å². The van der Waals surface area contributed by atoms with Crippen molar-refractivity contribution in [2.75, 3.05) is 45.3 Å². The fourth-order valence-corrected chi connectivity index (χ4v) is 4.41. The Labute approximate surface area is 157 Å². The summed E-state index contributed by atoms with van der Waals surface area (Å²) < 4.78 is 37.2. The topological polar surface area (TPSA) is 84.9 Å². The maximum Gasteiger partial charge on any atom is 0.321 e. The molecule has 0 atom stereocenters. The van der Waals surface area contributed by atoms with Crippen molar-refractivity contribution >= 4 is 27.4 Å². The van der Waals surface area contributed by atoms with Crippen LogP contribution in [-0.4, -0.2) is 63.1 Å². The smallest absolute Gasteiger partial charge is 0.321 e. The molecule has 2 aromatic rings. The molecule has 1 aliphatic rings. The highest BCUT2D eigenvalue weighted by Gasteiger charge is 2.29. The summed E-state index contributed by atoms with van der Waals surface area (Å²) in [5.41, 5.74) is 0. The van der Waals surface area contributed by atoms with Gasteiger partial charge < -0.3 is 14.4 Å². The van der Waals surface area contributed by atoms with Gasteiger partial charge in [0.15, 0.2) is 0 Å². The lowest BCUT2D eigenvalue weighted by atomic mass is 10.3. The van der Waals surface area contributed by atoms with Crippen molar-refractivity contribution in [2.24, 2.45) is 0 Å². The summed E-state index contributed by atoms with van der Waals surface area (Å²) >= 11 is 5.92. The van der Waals surface area contributed by atoms with E-state index in [0.717, 1.165) is 0 Å². The van der Waals surface area contributed by atoms with E-state index in [1.54, 1.807) is 24.3 Å². The van der Waals surface area contributed by atoms with E-state index in [9.17, 15) is 8.42 Å². The number of rotatable bonds is 5. The first-order valence-corrected chi connectivity index (χ1v) is 9.73. The van der Waals surface area contributed by atoms with Gasteiger partial charge in [0.05, 0.1) is 19.1 Å². The number of halogens is 1. The Balaban J connectivity index is 1.75. The SMILES string of the molecule is COc1cc(N2CCN(S(=O)(=O)c3cccc(Cl)c3)CC2)nc(OC)n1.